The monoisotopic (exact) mass is 302 g/mol. The lowest BCUT2D eigenvalue weighted by Crippen LogP contribution is -2.35. The van der Waals surface area contributed by atoms with Crippen LogP contribution in [-0.4, -0.2) is 25.5 Å². The fourth-order valence-electron chi connectivity index (χ4n) is 3.61. The lowest BCUT2D eigenvalue weighted by atomic mass is 9.85. The van der Waals surface area contributed by atoms with E-state index in [1.54, 1.807) is 0 Å². The predicted octanol–water partition coefficient (Wildman–Crippen LogP) is 3.13. The molecule has 1 saturated heterocycles. The van der Waals surface area contributed by atoms with Crippen molar-refractivity contribution < 1.29 is 4.79 Å². The molecule has 2 fully saturated rings. The van der Waals surface area contributed by atoms with Crippen molar-refractivity contribution in [2.24, 2.45) is 17.8 Å². The molecule has 1 amide bonds. The van der Waals surface area contributed by atoms with Gasteiger partial charge in [-0.3, -0.25) is 4.79 Å². The molecule has 1 aliphatic carbocycles. The molecular weight excluding hydrogens is 272 g/mol. The smallest absolute Gasteiger partial charge is 0.220 e. The molecule has 1 saturated carbocycles. The summed E-state index contributed by atoms with van der Waals surface area (Å²) in [6.07, 6.45) is 9.97. The molecule has 0 aromatic carbocycles. The van der Waals surface area contributed by atoms with Crippen molar-refractivity contribution in [3.63, 3.8) is 0 Å². The largest absolute Gasteiger partial charge is 0.356 e. The van der Waals surface area contributed by atoms with Crippen molar-refractivity contribution in [1.29, 1.82) is 0 Å². The zero-order valence-electron chi connectivity index (χ0n) is 12.8. The Morgan fingerprint density at radius 3 is 2.65 bits per heavy atom. The van der Waals surface area contributed by atoms with Crippen LogP contribution < -0.4 is 10.6 Å². The molecule has 4 heteroatoms. The molecule has 1 heterocycles. The number of amides is 1. The molecule has 0 bridgehead atoms. The van der Waals surface area contributed by atoms with Gasteiger partial charge in [-0.1, -0.05) is 32.6 Å². The van der Waals surface area contributed by atoms with Crippen LogP contribution in [0.25, 0.3) is 0 Å². The van der Waals surface area contributed by atoms with Crippen molar-refractivity contribution in [2.75, 3.05) is 19.6 Å². The Labute approximate surface area is 130 Å². The fourth-order valence-corrected chi connectivity index (χ4v) is 3.61. The summed E-state index contributed by atoms with van der Waals surface area (Å²) < 4.78 is 0. The SMILES string of the molecule is CC(CC(=O)NCCC1CCCC1)C1CCCNC1.Cl. The van der Waals surface area contributed by atoms with Crippen LogP contribution in [0.5, 0.6) is 0 Å². The third-order valence-electron chi connectivity index (χ3n) is 5.00. The number of hydrogen-bond acceptors (Lipinski definition) is 2. The zero-order chi connectivity index (χ0) is 13.5. The minimum absolute atomic E-state index is 0. The Balaban J connectivity index is 0.00000200. The second-order valence-electron chi connectivity index (χ2n) is 6.58. The maximum absolute atomic E-state index is 11.9. The van der Waals surface area contributed by atoms with Crippen LogP contribution in [0.4, 0.5) is 0 Å². The Morgan fingerprint density at radius 2 is 2.00 bits per heavy atom. The molecule has 2 rings (SSSR count). The molecule has 0 spiro atoms. The van der Waals surface area contributed by atoms with Crippen LogP contribution in [0.3, 0.4) is 0 Å². The first-order valence-corrected chi connectivity index (χ1v) is 8.23. The standard InChI is InChI=1S/C16H30N2O.ClH/c1-13(15-7-4-9-17-12-15)11-16(19)18-10-8-14-5-2-3-6-14;/h13-15,17H,2-12H2,1H3,(H,18,19);1H. The van der Waals surface area contributed by atoms with Crippen LogP contribution in [0.15, 0.2) is 0 Å². The van der Waals surface area contributed by atoms with E-state index in [4.69, 9.17) is 0 Å². The number of carbonyl (C=O) groups is 1. The van der Waals surface area contributed by atoms with Gasteiger partial charge in [0, 0.05) is 13.0 Å². The lowest BCUT2D eigenvalue weighted by Gasteiger charge is -2.28. The minimum atomic E-state index is 0. The van der Waals surface area contributed by atoms with Gasteiger partial charge in [-0.25, -0.2) is 0 Å². The first kappa shape index (κ1) is 17.8. The summed E-state index contributed by atoms with van der Waals surface area (Å²) in [6.45, 7) is 5.36. The van der Waals surface area contributed by atoms with E-state index in [9.17, 15) is 4.79 Å². The quantitative estimate of drug-likeness (QED) is 0.791. The van der Waals surface area contributed by atoms with Gasteiger partial charge in [-0.15, -0.1) is 12.4 Å². The summed E-state index contributed by atoms with van der Waals surface area (Å²) in [5, 5.41) is 6.56. The number of carbonyl (C=O) groups excluding carboxylic acids is 1. The highest BCUT2D eigenvalue weighted by molar-refractivity contribution is 5.85. The van der Waals surface area contributed by atoms with E-state index in [-0.39, 0.29) is 18.3 Å². The van der Waals surface area contributed by atoms with Crippen LogP contribution in [0.1, 0.15) is 58.3 Å². The van der Waals surface area contributed by atoms with Gasteiger partial charge in [0.15, 0.2) is 0 Å². The molecule has 2 unspecified atom stereocenters. The van der Waals surface area contributed by atoms with Gasteiger partial charge in [-0.05, 0) is 50.1 Å². The van der Waals surface area contributed by atoms with Gasteiger partial charge in [0.2, 0.25) is 5.91 Å². The summed E-state index contributed by atoms with van der Waals surface area (Å²) in [5.41, 5.74) is 0. The molecule has 0 aromatic heterocycles. The number of piperidine rings is 1. The predicted molar refractivity (Wildman–Crippen MR) is 86.2 cm³/mol. The molecule has 3 nitrogen and oxygen atoms in total. The summed E-state index contributed by atoms with van der Waals surface area (Å²) in [6, 6.07) is 0. The molecule has 2 atom stereocenters. The van der Waals surface area contributed by atoms with E-state index in [0.29, 0.717) is 18.3 Å². The zero-order valence-corrected chi connectivity index (χ0v) is 13.6. The number of nitrogens with one attached hydrogen (secondary N) is 2. The molecule has 118 valence electrons. The fraction of sp³-hybridized carbons (Fsp3) is 0.938. The van der Waals surface area contributed by atoms with Gasteiger partial charge in [-0.2, -0.15) is 0 Å². The summed E-state index contributed by atoms with van der Waals surface area (Å²) >= 11 is 0. The number of rotatable bonds is 6. The summed E-state index contributed by atoms with van der Waals surface area (Å²) in [5.74, 6) is 2.34. The van der Waals surface area contributed by atoms with Gasteiger partial charge < -0.3 is 10.6 Å². The van der Waals surface area contributed by atoms with Gasteiger partial charge >= 0.3 is 0 Å². The van der Waals surface area contributed by atoms with Crippen molar-refractivity contribution in [3.05, 3.63) is 0 Å². The number of halogens is 1. The highest BCUT2D eigenvalue weighted by atomic mass is 35.5. The van der Waals surface area contributed by atoms with Crippen molar-refractivity contribution in [2.45, 2.75) is 58.3 Å². The van der Waals surface area contributed by atoms with Crippen LogP contribution in [0.2, 0.25) is 0 Å². The second-order valence-corrected chi connectivity index (χ2v) is 6.58. The Bertz CT molecular complexity index is 274. The van der Waals surface area contributed by atoms with Gasteiger partial charge in [0.1, 0.15) is 0 Å². The third kappa shape index (κ3) is 6.01. The van der Waals surface area contributed by atoms with E-state index in [1.165, 1.54) is 44.9 Å². The molecule has 0 radical (unpaired) electrons. The molecule has 20 heavy (non-hydrogen) atoms. The Hall–Kier alpha value is -0.280. The van der Waals surface area contributed by atoms with E-state index < -0.39 is 0 Å². The molecule has 2 aliphatic rings. The lowest BCUT2D eigenvalue weighted by molar-refractivity contribution is -0.122. The highest BCUT2D eigenvalue weighted by Crippen LogP contribution is 2.27. The van der Waals surface area contributed by atoms with Gasteiger partial charge in [0.05, 0.1) is 0 Å². The summed E-state index contributed by atoms with van der Waals surface area (Å²) in [4.78, 5) is 11.9. The van der Waals surface area contributed by atoms with Crippen LogP contribution >= 0.6 is 12.4 Å². The van der Waals surface area contributed by atoms with E-state index >= 15 is 0 Å². The average molecular weight is 303 g/mol. The van der Waals surface area contributed by atoms with Crippen LogP contribution in [0, 0.1) is 17.8 Å². The first-order valence-electron chi connectivity index (χ1n) is 8.23. The normalized spacial score (nSPS) is 24.9. The number of hydrogen-bond donors (Lipinski definition) is 2. The molecular formula is C16H31ClN2O. The second kappa shape index (κ2) is 9.62. The van der Waals surface area contributed by atoms with Crippen molar-refractivity contribution >= 4 is 18.3 Å². The molecule has 2 N–H and O–H groups in total. The topological polar surface area (TPSA) is 41.1 Å². The van der Waals surface area contributed by atoms with Crippen molar-refractivity contribution in [1.82, 2.24) is 10.6 Å². The molecule has 0 aromatic rings. The highest BCUT2D eigenvalue weighted by Gasteiger charge is 2.22. The molecule has 1 aliphatic heterocycles. The maximum atomic E-state index is 11.9. The summed E-state index contributed by atoms with van der Waals surface area (Å²) in [7, 11) is 0. The Morgan fingerprint density at radius 1 is 1.25 bits per heavy atom. The first-order chi connectivity index (χ1) is 9.25. The van der Waals surface area contributed by atoms with E-state index in [2.05, 4.69) is 17.6 Å². The van der Waals surface area contributed by atoms with Crippen LogP contribution in [-0.2, 0) is 4.79 Å². The van der Waals surface area contributed by atoms with E-state index in [0.717, 1.165) is 25.6 Å². The average Bonchev–Trinajstić information content (AvgIpc) is 2.93. The Kier molecular flexibility index (Phi) is 8.55. The maximum Gasteiger partial charge on any atom is 0.220 e. The van der Waals surface area contributed by atoms with E-state index in [1.807, 2.05) is 0 Å². The minimum Gasteiger partial charge on any atom is -0.356 e. The van der Waals surface area contributed by atoms with Gasteiger partial charge in [0.25, 0.3) is 0 Å². The third-order valence-corrected chi connectivity index (χ3v) is 5.00. The van der Waals surface area contributed by atoms with Crippen molar-refractivity contribution in [3.8, 4) is 0 Å².